The first-order chi connectivity index (χ1) is 13.4. The average Bonchev–Trinajstić information content (AvgIpc) is 2.70. The lowest BCUT2D eigenvalue weighted by Gasteiger charge is -2.37. The number of hydrogen-bond acceptors (Lipinski definition) is 7. The molecule has 1 aliphatic carbocycles. The Morgan fingerprint density at radius 3 is 2.68 bits per heavy atom. The number of hydrogen-bond donors (Lipinski definition) is 2. The molecule has 7 heteroatoms. The average molecular weight is 380 g/mol. The van der Waals surface area contributed by atoms with Gasteiger partial charge in [-0.1, -0.05) is 11.2 Å². The fraction of sp³-hybridized carbons (Fsp3) is 0.476. The van der Waals surface area contributed by atoms with E-state index in [0.717, 1.165) is 54.0 Å². The second-order valence-corrected chi connectivity index (χ2v) is 8.05. The summed E-state index contributed by atoms with van der Waals surface area (Å²) in [6.07, 6.45) is 3.82. The Labute approximate surface area is 166 Å². The largest absolute Gasteiger partial charge is 0.399 e. The van der Waals surface area contributed by atoms with Gasteiger partial charge in [0.15, 0.2) is 0 Å². The van der Waals surface area contributed by atoms with Gasteiger partial charge in [0.05, 0.1) is 11.4 Å². The Morgan fingerprint density at radius 2 is 1.96 bits per heavy atom. The van der Waals surface area contributed by atoms with E-state index in [-0.39, 0.29) is 0 Å². The van der Waals surface area contributed by atoms with Crippen LogP contribution >= 0.6 is 0 Å². The number of nitrogens with two attached hydrogens (primary N) is 1. The number of oxime groups is 1. The normalized spacial score (nSPS) is 19.8. The summed E-state index contributed by atoms with van der Waals surface area (Å²) in [6, 6.07) is 7.02. The highest BCUT2D eigenvalue weighted by atomic mass is 16.6. The number of aromatic nitrogens is 2. The monoisotopic (exact) mass is 380 g/mol. The lowest BCUT2D eigenvalue weighted by molar-refractivity contribution is 0.211. The fourth-order valence-corrected chi connectivity index (χ4v) is 4.49. The molecule has 0 saturated carbocycles. The number of nitrogens with one attached hydrogen (secondary N) is 1. The third-order valence-corrected chi connectivity index (χ3v) is 6.05. The molecule has 7 nitrogen and oxygen atoms in total. The Morgan fingerprint density at radius 1 is 1.21 bits per heavy atom. The van der Waals surface area contributed by atoms with Crippen LogP contribution < -0.4 is 16.0 Å². The molecular weight excluding hydrogens is 352 g/mol. The van der Waals surface area contributed by atoms with Gasteiger partial charge >= 0.3 is 0 Å². The van der Waals surface area contributed by atoms with Crippen molar-refractivity contribution in [3.8, 4) is 11.3 Å². The first-order valence-electron chi connectivity index (χ1n) is 9.76. The predicted octanol–water partition coefficient (Wildman–Crippen LogP) is 2.56. The zero-order chi connectivity index (χ0) is 19.9. The van der Waals surface area contributed by atoms with Crippen LogP contribution in [0.3, 0.4) is 0 Å². The van der Waals surface area contributed by atoms with Gasteiger partial charge < -0.3 is 20.8 Å². The molecule has 0 atom stereocenters. The summed E-state index contributed by atoms with van der Waals surface area (Å²) in [6.45, 7) is 6.31. The summed E-state index contributed by atoms with van der Waals surface area (Å²) < 4.78 is 0. The second-order valence-electron chi connectivity index (χ2n) is 8.05. The van der Waals surface area contributed by atoms with Crippen LogP contribution in [0.4, 0.5) is 11.5 Å². The molecule has 2 heterocycles. The van der Waals surface area contributed by atoms with Gasteiger partial charge in [-0.3, -0.25) is 0 Å². The van der Waals surface area contributed by atoms with Crippen molar-refractivity contribution < 1.29 is 4.84 Å². The van der Waals surface area contributed by atoms with Crippen LogP contribution in [0.15, 0.2) is 29.7 Å². The van der Waals surface area contributed by atoms with E-state index < -0.39 is 5.41 Å². The van der Waals surface area contributed by atoms with E-state index in [1.807, 2.05) is 0 Å². The van der Waals surface area contributed by atoms with Crippen molar-refractivity contribution in [1.82, 2.24) is 15.3 Å². The summed E-state index contributed by atoms with van der Waals surface area (Å²) in [4.78, 5) is 16.4. The SMILES string of the molecule is CO/N=C1\c2cc(N(C)C3CCNCC3)ccc2-c2ncnc(N)c2C1(C)C. The highest BCUT2D eigenvalue weighted by Crippen LogP contribution is 2.45. The van der Waals surface area contributed by atoms with E-state index in [4.69, 9.17) is 10.6 Å². The van der Waals surface area contributed by atoms with Crippen LogP contribution in [0, 0.1) is 0 Å². The fourth-order valence-electron chi connectivity index (χ4n) is 4.49. The molecule has 148 valence electrons. The van der Waals surface area contributed by atoms with Crippen LogP contribution in [0.5, 0.6) is 0 Å². The number of piperidine rings is 1. The maximum atomic E-state index is 6.25. The van der Waals surface area contributed by atoms with Crippen LogP contribution in [0.25, 0.3) is 11.3 Å². The summed E-state index contributed by atoms with van der Waals surface area (Å²) in [5.41, 5.74) is 11.6. The Balaban J connectivity index is 1.86. The lowest BCUT2D eigenvalue weighted by atomic mass is 9.70. The summed E-state index contributed by atoms with van der Waals surface area (Å²) in [5, 5.41) is 7.84. The molecule has 3 N–H and O–H groups in total. The Hall–Kier alpha value is -2.67. The molecular formula is C21H28N6O. The van der Waals surface area contributed by atoms with Crippen molar-refractivity contribution >= 4 is 17.2 Å². The highest BCUT2D eigenvalue weighted by molar-refractivity contribution is 6.16. The Bertz CT molecular complexity index is 917. The van der Waals surface area contributed by atoms with Crippen LogP contribution in [0.2, 0.25) is 0 Å². The van der Waals surface area contributed by atoms with Crippen LogP contribution in [-0.4, -0.2) is 49.0 Å². The molecule has 2 aromatic rings. The number of nitrogens with zero attached hydrogens (tertiary/aromatic N) is 4. The molecule has 1 aromatic carbocycles. The van der Waals surface area contributed by atoms with Gasteiger partial charge in [-0.05, 0) is 51.9 Å². The minimum Gasteiger partial charge on any atom is -0.399 e. The van der Waals surface area contributed by atoms with Gasteiger partial charge in [0.2, 0.25) is 0 Å². The number of fused-ring (bicyclic) bond motifs is 3. The quantitative estimate of drug-likeness (QED) is 0.796. The van der Waals surface area contributed by atoms with Gasteiger partial charge in [-0.15, -0.1) is 0 Å². The van der Waals surface area contributed by atoms with Crippen molar-refractivity contribution in [3.63, 3.8) is 0 Å². The van der Waals surface area contributed by atoms with Crippen molar-refractivity contribution in [3.05, 3.63) is 35.7 Å². The highest BCUT2D eigenvalue weighted by Gasteiger charge is 2.41. The summed E-state index contributed by atoms with van der Waals surface area (Å²) in [5.74, 6) is 0.486. The molecule has 0 radical (unpaired) electrons. The molecule has 28 heavy (non-hydrogen) atoms. The maximum absolute atomic E-state index is 6.25. The predicted molar refractivity (Wildman–Crippen MR) is 113 cm³/mol. The molecule has 0 unspecified atom stereocenters. The third kappa shape index (κ3) is 2.90. The summed E-state index contributed by atoms with van der Waals surface area (Å²) >= 11 is 0. The van der Waals surface area contributed by atoms with E-state index in [0.29, 0.717) is 11.9 Å². The molecule has 1 aromatic heterocycles. The molecule has 2 aliphatic rings. The molecule has 0 spiro atoms. The van der Waals surface area contributed by atoms with Crippen molar-refractivity contribution in [2.75, 3.05) is 37.9 Å². The first-order valence-corrected chi connectivity index (χ1v) is 9.76. The number of benzene rings is 1. The van der Waals surface area contributed by atoms with E-state index in [2.05, 4.69) is 64.4 Å². The van der Waals surface area contributed by atoms with Gasteiger partial charge in [0.25, 0.3) is 0 Å². The van der Waals surface area contributed by atoms with Crippen molar-refractivity contribution in [2.45, 2.75) is 38.1 Å². The topological polar surface area (TPSA) is 88.7 Å². The molecule has 0 amide bonds. The number of anilines is 2. The number of nitrogen functional groups attached to an aromatic ring is 1. The van der Waals surface area contributed by atoms with E-state index in [1.165, 1.54) is 12.0 Å². The molecule has 1 fully saturated rings. The van der Waals surface area contributed by atoms with Crippen LogP contribution in [-0.2, 0) is 10.3 Å². The van der Waals surface area contributed by atoms with Gasteiger partial charge in [-0.2, -0.15) is 0 Å². The van der Waals surface area contributed by atoms with Gasteiger partial charge in [0.1, 0.15) is 19.3 Å². The zero-order valence-electron chi connectivity index (χ0n) is 17.0. The standard InChI is InChI=1S/C21H28N6O/c1-21(2)17-18(24-12-25-20(17)22)15-6-5-14(11-16(15)19(21)26-28-4)27(3)13-7-9-23-10-8-13/h5-6,11-13,23H,7-10H2,1-4H3,(H2,22,24,25)/b26-19+. The van der Waals surface area contributed by atoms with Gasteiger partial charge in [-0.25, -0.2) is 9.97 Å². The third-order valence-electron chi connectivity index (χ3n) is 6.05. The summed E-state index contributed by atoms with van der Waals surface area (Å²) in [7, 11) is 3.75. The van der Waals surface area contributed by atoms with Crippen molar-refractivity contribution in [2.24, 2.45) is 5.16 Å². The van der Waals surface area contributed by atoms with Crippen molar-refractivity contribution in [1.29, 1.82) is 0 Å². The number of rotatable bonds is 3. The molecule has 1 aliphatic heterocycles. The smallest absolute Gasteiger partial charge is 0.131 e. The van der Waals surface area contributed by atoms with Gasteiger partial charge in [0, 0.05) is 40.9 Å². The molecule has 4 rings (SSSR count). The molecule has 0 bridgehead atoms. The zero-order valence-corrected chi connectivity index (χ0v) is 17.0. The second kappa shape index (κ2) is 7.05. The lowest BCUT2D eigenvalue weighted by Crippen LogP contribution is -2.41. The maximum Gasteiger partial charge on any atom is 0.131 e. The Kier molecular flexibility index (Phi) is 4.71. The minimum atomic E-state index is -0.463. The van der Waals surface area contributed by atoms with E-state index >= 15 is 0 Å². The van der Waals surface area contributed by atoms with Crippen LogP contribution in [0.1, 0.15) is 37.8 Å². The first kappa shape index (κ1) is 18.7. The molecule has 1 saturated heterocycles. The van der Waals surface area contributed by atoms with E-state index in [1.54, 1.807) is 7.11 Å². The van der Waals surface area contributed by atoms with E-state index in [9.17, 15) is 0 Å². The minimum absolute atomic E-state index is 0.463.